The molecule has 0 heterocycles. The number of carbonyl (C=O) groups is 1. The number of amides is 1. The quantitative estimate of drug-likeness (QED) is 0.412. The fourth-order valence-electron chi connectivity index (χ4n) is 0.637. The first-order valence-electron chi connectivity index (χ1n) is 5.39. The Hall–Kier alpha value is -0.900. The summed E-state index contributed by atoms with van der Waals surface area (Å²) in [5.41, 5.74) is 0. The van der Waals surface area contributed by atoms with Crippen LogP contribution in [-0.2, 0) is 4.79 Å². The summed E-state index contributed by atoms with van der Waals surface area (Å²) in [5.74, 6) is 0. The largest absolute Gasteiger partial charge is 0.351 e. The third-order valence-electron chi connectivity index (χ3n) is 1.39. The van der Waals surface area contributed by atoms with E-state index in [9.17, 15) is 4.79 Å². The molecule has 0 N–H and O–H groups in total. The molecule has 0 aromatic heterocycles. The Kier molecular flexibility index (Phi) is 22.0. The van der Waals surface area contributed by atoms with Gasteiger partial charge in [-0.05, 0) is 34.0 Å². The van der Waals surface area contributed by atoms with Gasteiger partial charge >= 0.3 is 0 Å². The molecule has 1 amide bonds. The molecule has 0 aliphatic carbocycles. The van der Waals surface area contributed by atoms with Gasteiger partial charge in [-0.1, -0.05) is 0 Å². The van der Waals surface area contributed by atoms with Crippen molar-refractivity contribution in [2.75, 3.05) is 47.8 Å². The second-order valence-electron chi connectivity index (χ2n) is 3.68. The Morgan fingerprint density at radius 3 is 2.06 bits per heavy atom. The average Bonchev–Trinajstić information content (AvgIpc) is 2.23. The van der Waals surface area contributed by atoms with Gasteiger partial charge in [0.2, 0.25) is 6.41 Å². The van der Waals surface area contributed by atoms with Gasteiger partial charge in [-0.2, -0.15) is 0 Å². The molecule has 102 valence electrons. The first-order valence-corrected chi connectivity index (χ1v) is 5.39. The zero-order valence-electron chi connectivity index (χ0n) is 11.5. The van der Waals surface area contributed by atoms with Crippen LogP contribution in [0.15, 0.2) is 9.98 Å². The molecule has 0 saturated heterocycles. The lowest BCUT2D eigenvalue weighted by atomic mass is 10.4. The maximum atomic E-state index is 9.43. The molecule has 0 aliphatic heterocycles. The maximum absolute atomic E-state index is 9.43. The Morgan fingerprint density at radius 1 is 1.18 bits per heavy atom. The van der Waals surface area contributed by atoms with Gasteiger partial charge in [0, 0.05) is 20.6 Å². The van der Waals surface area contributed by atoms with Crippen LogP contribution >= 0.6 is 12.4 Å². The molecule has 0 aromatic carbocycles. The Labute approximate surface area is 111 Å². The first kappa shape index (κ1) is 21.4. The normalized spacial score (nSPS) is 8.12. The highest BCUT2D eigenvalue weighted by atomic mass is 35.5. The van der Waals surface area contributed by atoms with Crippen LogP contribution in [0.3, 0.4) is 0 Å². The molecule has 17 heavy (non-hydrogen) atoms. The van der Waals surface area contributed by atoms with Crippen LogP contribution in [0, 0.1) is 0 Å². The van der Waals surface area contributed by atoms with E-state index in [-0.39, 0.29) is 12.4 Å². The Morgan fingerprint density at radius 2 is 1.71 bits per heavy atom. The van der Waals surface area contributed by atoms with E-state index in [1.807, 2.05) is 6.92 Å². The summed E-state index contributed by atoms with van der Waals surface area (Å²) in [6.07, 6.45) is 1.83. The zero-order chi connectivity index (χ0) is 12.8. The van der Waals surface area contributed by atoms with E-state index in [0.717, 1.165) is 32.5 Å². The zero-order valence-corrected chi connectivity index (χ0v) is 12.3. The minimum atomic E-state index is 0. The number of hydrogen-bond acceptors (Lipinski definition) is 4. The van der Waals surface area contributed by atoms with Crippen molar-refractivity contribution in [3.8, 4) is 0 Å². The topological polar surface area (TPSA) is 48.3 Å². The fraction of sp³-hybridized carbons (Fsp3) is 0.818. The van der Waals surface area contributed by atoms with Crippen LogP contribution in [0.4, 0.5) is 0 Å². The van der Waals surface area contributed by atoms with Crippen LogP contribution in [0.1, 0.15) is 13.3 Å². The summed E-state index contributed by atoms with van der Waals surface area (Å²) in [6, 6.07) is 2.64. The monoisotopic (exact) mass is 264 g/mol. The van der Waals surface area contributed by atoms with E-state index in [1.54, 1.807) is 14.1 Å². The Balaban J connectivity index is -0.000000280. The van der Waals surface area contributed by atoms with Crippen molar-refractivity contribution in [2.45, 2.75) is 13.3 Å². The van der Waals surface area contributed by atoms with Crippen LogP contribution in [0.5, 0.6) is 0 Å². The smallest absolute Gasteiger partial charge is 0.209 e. The Bertz CT molecular complexity index is 214. The number of hydrogen-bond donors (Lipinski definition) is 0. The SMILES string of the molecule is CCN=C=NCCCN(C)C.CN(C)C=O.Cl. The molecule has 0 aliphatic rings. The van der Waals surface area contributed by atoms with Crippen molar-refractivity contribution in [1.82, 2.24) is 9.80 Å². The molecule has 0 unspecified atom stereocenters. The molecule has 0 rings (SSSR count). The molecule has 0 aromatic rings. The standard InChI is InChI=1S/C8H17N3.C3H7NO.ClH/c1-4-9-8-10-6-5-7-11(2)3;1-4(2)3-5;/h4-7H2,1-3H3;3H,1-2H3;1H. The van der Waals surface area contributed by atoms with Crippen molar-refractivity contribution in [2.24, 2.45) is 9.98 Å². The molecule has 0 atom stereocenters. The van der Waals surface area contributed by atoms with Crippen LogP contribution in [0.25, 0.3) is 0 Å². The summed E-state index contributed by atoms with van der Waals surface area (Å²) < 4.78 is 0. The highest BCUT2D eigenvalue weighted by Gasteiger charge is 1.86. The van der Waals surface area contributed by atoms with E-state index in [0.29, 0.717) is 0 Å². The lowest BCUT2D eigenvalue weighted by molar-refractivity contribution is -0.115. The van der Waals surface area contributed by atoms with E-state index < -0.39 is 0 Å². The minimum Gasteiger partial charge on any atom is -0.351 e. The van der Waals surface area contributed by atoms with Crippen molar-refractivity contribution in [1.29, 1.82) is 0 Å². The van der Waals surface area contributed by atoms with E-state index >= 15 is 0 Å². The third-order valence-corrected chi connectivity index (χ3v) is 1.39. The van der Waals surface area contributed by atoms with E-state index in [4.69, 9.17) is 0 Å². The maximum Gasteiger partial charge on any atom is 0.209 e. The highest BCUT2D eigenvalue weighted by Crippen LogP contribution is 1.82. The lowest BCUT2D eigenvalue weighted by Gasteiger charge is -2.05. The second-order valence-corrected chi connectivity index (χ2v) is 3.68. The molecule has 6 heteroatoms. The summed E-state index contributed by atoms with van der Waals surface area (Å²) in [4.78, 5) is 20.9. The molecule has 0 fully saturated rings. The van der Waals surface area contributed by atoms with Gasteiger partial charge in [-0.25, -0.2) is 9.98 Å². The predicted molar refractivity (Wildman–Crippen MR) is 75.4 cm³/mol. The molecule has 0 radical (unpaired) electrons. The molecule has 0 bridgehead atoms. The number of rotatable bonds is 6. The summed E-state index contributed by atoms with van der Waals surface area (Å²) >= 11 is 0. The summed E-state index contributed by atoms with van der Waals surface area (Å²) in [6.45, 7) is 4.67. The molecular formula is C11H25ClN4O. The predicted octanol–water partition coefficient (Wildman–Crippen LogP) is 1.26. The van der Waals surface area contributed by atoms with Gasteiger partial charge in [0.05, 0.1) is 12.6 Å². The van der Waals surface area contributed by atoms with Crippen molar-refractivity contribution in [3.63, 3.8) is 0 Å². The summed E-state index contributed by atoms with van der Waals surface area (Å²) in [5, 5.41) is 0. The molecule has 5 nitrogen and oxygen atoms in total. The van der Waals surface area contributed by atoms with E-state index in [2.05, 4.69) is 35.0 Å². The van der Waals surface area contributed by atoms with Gasteiger partial charge in [-0.3, -0.25) is 4.79 Å². The van der Waals surface area contributed by atoms with Gasteiger partial charge in [0.1, 0.15) is 0 Å². The molecular weight excluding hydrogens is 240 g/mol. The number of aliphatic imine (C=N–C) groups is 2. The second kappa shape index (κ2) is 17.5. The van der Waals surface area contributed by atoms with Gasteiger partial charge in [0.25, 0.3) is 0 Å². The summed E-state index contributed by atoms with van der Waals surface area (Å²) in [7, 11) is 7.49. The fourth-order valence-corrected chi connectivity index (χ4v) is 0.637. The number of nitrogens with zero attached hydrogens (tertiary/aromatic N) is 4. The van der Waals surface area contributed by atoms with Crippen LogP contribution in [0.2, 0.25) is 0 Å². The van der Waals surface area contributed by atoms with Crippen LogP contribution < -0.4 is 0 Å². The number of carbonyl (C=O) groups excluding carboxylic acids is 1. The van der Waals surface area contributed by atoms with Crippen molar-refractivity contribution >= 4 is 24.8 Å². The van der Waals surface area contributed by atoms with Crippen molar-refractivity contribution in [3.05, 3.63) is 0 Å². The van der Waals surface area contributed by atoms with Crippen molar-refractivity contribution < 1.29 is 4.79 Å². The third kappa shape index (κ3) is 31.3. The van der Waals surface area contributed by atoms with Gasteiger partial charge < -0.3 is 9.80 Å². The minimum absolute atomic E-state index is 0. The first-order chi connectivity index (χ1) is 7.54. The van der Waals surface area contributed by atoms with E-state index in [1.165, 1.54) is 4.90 Å². The lowest BCUT2D eigenvalue weighted by Crippen LogP contribution is -2.13. The molecule has 0 spiro atoms. The van der Waals surface area contributed by atoms with Crippen LogP contribution in [-0.4, -0.2) is 70.0 Å². The van der Waals surface area contributed by atoms with Gasteiger partial charge in [-0.15, -0.1) is 12.4 Å². The molecule has 0 saturated carbocycles. The van der Waals surface area contributed by atoms with Gasteiger partial charge in [0.15, 0.2) is 0 Å². The average molecular weight is 265 g/mol. The highest BCUT2D eigenvalue weighted by molar-refractivity contribution is 5.85. The number of halogens is 1.